The topological polar surface area (TPSA) is 41.6 Å². The van der Waals surface area contributed by atoms with E-state index in [1.807, 2.05) is 12.1 Å². The van der Waals surface area contributed by atoms with Crippen molar-refractivity contribution in [3.05, 3.63) is 59.4 Å². The van der Waals surface area contributed by atoms with E-state index in [0.717, 1.165) is 19.3 Å². The first kappa shape index (κ1) is 15.3. The normalized spacial score (nSPS) is 12.6. The summed E-state index contributed by atoms with van der Waals surface area (Å²) in [4.78, 5) is 12.3. The maximum Gasteiger partial charge on any atom is 0.433 e. The molecule has 1 aliphatic carbocycles. The first-order valence-corrected chi connectivity index (χ1v) is 7.78. The van der Waals surface area contributed by atoms with E-state index in [4.69, 9.17) is 4.74 Å². The predicted octanol–water partition coefficient (Wildman–Crippen LogP) is 4.30. The van der Waals surface area contributed by atoms with Gasteiger partial charge in [0.2, 0.25) is 0 Å². The zero-order chi connectivity index (χ0) is 16.2. The Bertz CT molecular complexity index is 701. The van der Waals surface area contributed by atoms with Crippen molar-refractivity contribution in [1.82, 2.24) is 0 Å². The van der Waals surface area contributed by atoms with Gasteiger partial charge in [0.05, 0.1) is 18.0 Å². The SMILES string of the molecule is CCOC(=O)N(Nc1ccc(F)cc1)c1ccc2c(c1)CCC2. The van der Waals surface area contributed by atoms with Crippen molar-refractivity contribution in [3.63, 3.8) is 0 Å². The molecule has 0 fully saturated rings. The Morgan fingerprint density at radius 2 is 1.91 bits per heavy atom. The van der Waals surface area contributed by atoms with Crippen LogP contribution in [0.4, 0.5) is 20.6 Å². The molecule has 3 rings (SSSR count). The van der Waals surface area contributed by atoms with Crippen LogP contribution in [-0.2, 0) is 17.6 Å². The van der Waals surface area contributed by atoms with Gasteiger partial charge in [-0.3, -0.25) is 5.43 Å². The maximum absolute atomic E-state index is 13.0. The molecular formula is C18H19FN2O2. The van der Waals surface area contributed by atoms with Crippen molar-refractivity contribution in [2.24, 2.45) is 0 Å². The van der Waals surface area contributed by atoms with Gasteiger partial charge in [0.25, 0.3) is 0 Å². The molecule has 1 aliphatic rings. The smallest absolute Gasteiger partial charge is 0.433 e. The van der Waals surface area contributed by atoms with Crippen molar-refractivity contribution < 1.29 is 13.9 Å². The molecule has 5 heteroatoms. The molecule has 0 saturated carbocycles. The summed E-state index contributed by atoms with van der Waals surface area (Å²) in [5, 5.41) is 1.36. The van der Waals surface area contributed by atoms with Crippen LogP contribution in [0.1, 0.15) is 24.5 Å². The number of carbonyl (C=O) groups excluding carboxylic acids is 1. The van der Waals surface area contributed by atoms with E-state index in [1.165, 1.54) is 28.3 Å². The van der Waals surface area contributed by atoms with E-state index >= 15 is 0 Å². The van der Waals surface area contributed by atoms with Crippen LogP contribution in [0, 0.1) is 5.82 Å². The molecular weight excluding hydrogens is 295 g/mol. The number of carbonyl (C=O) groups is 1. The van der Waals surface area contributed by atoms with Crippen LogP contribution in [0.2, 0.25) is 0 Å². The number of anilines is 2. The Hall–Kier alpha value is -2.56. The van der Waals surface area contributed by atoms with Gasteiger partial charge in [0, 0.05) is 0 Å². The molecule has 1 N–H and O–H groups in total. The van der Waals surface area contributed by atoms with Crippen LogP contribution < -0.4 is 10.4 Å². The molecule has 2 aromatic carbocycles. The number of ether oxygens (including phenoxy) is 1. The molecule has 0 heterocycles. The Morgan fingerprint density at radius 3 is 2.65 bits per heavy atom. The quantitative estimate of drug-likeness (QED) is 0.855. The lowest BCUT2D eigenvalue weighted by Gasteiger charge is -2.24. The minimum Gasteiger partial charge on any atom is -0.448 e. The average Bonchev–Trinajstić information content (AvgIpc) is 3.02. The van der Waals surface area contributed by atoms with Gasteiger partial charge in [0.1, 0.15) is 5.82 Å². The lowest BCUT2D eigenvalue weighted by atomic mass is 10.1. The number of aryl methyl sites for hydroxylation is 2. The van der Waals surface area contributed by atoms with Crippen LogP contribution in [0.15, 0.2) is 42.5 Å². The Morgan fingerprint density at radius 1 is 1.17 bits per heavy atom. The van der Waals surface area contributed by atoms with Gasteiger partial charge in [-0.1, -0.05) is 6.07 Å². The third kappa shape index (κ3) is 3.44. The molecule has 120 valence electrons. The van der Waals surface area contributed by atoms with E-state index in [2.05, 4.69) is 11.5 Å². The molecule has 1 amide bonds. The highest BCUT2D eigenvalue weighted by Gasteiger charge is 2.20. The first-order chi connectivity index (χ1) is 11.2. The largest absolute Gasteiger partial charge is 0.448 e. The van der Waals surface area contributed by atoms with Crippen molar-refractivity contribution in [3.8, 4) is 0 Å². The third-order valence-electron chi connectivity index (χ3n) is 3.88. The van der Waals surface area contributed by atoms with Crippen molar-refractivity contribution >= 4 is 17.5 Å². The number of rotatable bonds is 4. The summed E-state index contributed by atoms with van der Waals surface area (Å²) in [7, 11) is 0. The summed E-state index contributed by atoms with van der Waals surface area (Å²) in [6, 6.07) is 11.8. The molecule has 0 bridgehead atoms. The van der Waals surface area contributed by atoms with Gasteiger partial charge in [-0.05, 0) is 73.7 Å². The minimum absolute atomic E-state index is 0.283. The second-order valence-corrected chi connectivity index (χ2v) is 5.46. The maximum atomic E-state index is 13.0. The Kier molecular flexibility index (Phi) is 4.46. The zero-order valence-corrected chi connectivity index (χ0v) is 13.0. The number of amides is 1. The summed E-state index contributed by atoms with van der Waals surface area (Å²) in [6.45, 7) is 2.04. The molecule has 0 atom stereocenters. The Labute approximate surface area is 134 Å². The number of halogens is 1. The number of benzene rings is 2. The van der Waals surface area contributed by atoms with E-state index < -0.39 is 6.09 Å². The molecule has 2 aromatic rings. The van der Waals surface area contributed by atoms with Gasteiger partial charge >= 0.3 is 6.09 Å². The summed E-state index contributed by atoms with van der Waals surface area (Å²) in [5.41, 5.74) is 6.91. The fourth-order valence-electron chi connectivity index (χ4n) is 2.75. The number of nitrogens with zero attached hydrogens (tertiary/aromatic N) is 1. The van der Waals surface area contributed by atoms with Gasteiger partial charge in [0.15, 0.2) is 0 Å². The number of hydrogen-bond donors (Lipinski definition) is 1. The highest BCUT2D eigenvalue weighted by molar-refractivity contribution is 5.90. The molecule has 0 radical (unpaired) electrons. The van der Waals surface area contributed by atoms with Crippen LogP contribution >= 0.6 is 0 Å². The minimum atomic E-state index is -0.491. The fraction of sp³-hybridized carbons (Fsp3) is 0.278. The highest BCUT2D eigenvalue weighted by Crippen LogP contribution is 2.27. The van der Waals surface area contributed by atoms with E-state index in [1.54, 1.807) is 19.1 Å². The molecule has 23 heavy (non-hydrogen) atoms. The lowest BCUT2D eigenvalue weighted by Crippen LogP contribution is -2.37. The van der Waals surface area contributed by atoms with Gasteiger partial charge in [-0.2, -0.15) is 5.01 Å². The molecule has 0 spiro atoms. The number of fused-ring (bicyclic) bond motifs is 1. The van der Waals surface area contributed by atoms with E-state index in [9.17, 15) is 9.18 Å². The highest BCUT2D eigenvalue weighted by atomic mass is 19.1. The number of nitrogens with one attached hydrogen (secondary N) is 1. The summed E-state index contributed by atoms with van der Waals surface area (Å²) in [6.07, 6.45) is 2.76. The summed E-state index contributed by atoms with van der Waals surface area (Å²) < 4.78 is 18.2. The predicted molar refractivity (Wildman–Crippen MR) is 88.0 cm³/mol. The van der Waals surface area contributed by atoms with E-state index in [-0.39, 0.29) is 12.4 Å². The zero-order valence-electron chi connectivity index (χ0n) is 13.0. The van der Waals surface area contributed by atoms with Gasteiger partial charge in [-0.15, -0.1) is 0 Å². The second kappa shape index (κ2) is 6.69. The third-order valence-corrected chi connectivity index (χ3v) is 3.88. The van der Waals surface area contributed by atoms with Crippen molar-refractivity contribution in [1.29, 1.82) is 0 Å². The van der Waals surface area contributed by atoms with E-state index in [0.29, 0.717) is 11.4 Å². The summed E-state index contributed by atoms with van der Waals surface area (Å²) >= 11 is 0. The molecule has 0 unspecified atom stereocenters. The second-order valence-electron chi connectivity index (χ2n) is 5.46. The fourth-order valence-corrected chi connectivity index (χ4v) is 2.75. The monoisotopic (exact) mass is 314 g/mol. The first-order valence-electron chi connectivity index (χ1n) is 7.78. The number of hydrogen-bond acceptors (Lipinski definition) is 3. The average molecular weight is 314 g/mol. The van der Waals surface area contributed by atoms with Gasteiger partial charge < -0.3 is 4.74 Å². The summed E-state index contributed by atoms with van der Waals surface area (Å²) in [5.74, 6) is -0.323. The van der Waals surface area contributed by atoms with Crippen LogP contribution in [0.3, 0.4) is 0 Å². The standard InChI is InChI=1S/C18H19FN2O2/c1-2-23-18(22)21(20-16-9-7-15(19)8-10-16)17-11-6-13-4-3-5-14(13)12-17/h6-12,20H,2-5H2,1H3. The van der Waals surface area contributed by atoms with Crippen molar-refractivity contribution in [2.75, 3.05) is 17.0 Å². The molecule has 0 aromatic heterocycles. The Balaban J connectivity index is 1.88. The number of hydrazine groups is 1. The van der Waals surface area contributed by atoms with Gasteiger partial charge in [-0.25, -0.2) is 9.18 Å². The molecule has 0 aliphatic heterocycles. The van der Waals surface area contributed by atoms with Crippen molar-refractivity contribution in [2.45, 2.75) is 26.2 Å². The lowest BCUT2D eigenvalue weighted by molar-refractivity contribution is 0.161. The van der Waals surface area contributed by atoms with Crippen LogP contribution in [-0.4, -0.2) is 12.7 Å². The molecule has 0 saturated heterocycles. The molecule has 4 nitrogen and oxygen atoms in total. The van der Waals surface area contributed by atoms with Crippen LogP contribution in [0.5, 0.6) is 0 Å². The van der Waals surface area contributed by atoms with Crippen LogP contribution in [0.25, 0.3) is 0 Å².